The third kappa shape index (κ3) is 2.90. The molecule has 6 nitrogen and oxygen atoms in total. The summed E-state index contributed by atoms with van der Waals surface area (Å²) in [4.78, 5) is 21.7. The van der Waals surface area contributed by atoms with Gasteiger partial charge in [0, 0.05) is 19.0 Å². The van der Waals surface area contributed by atoms with E-state index in [-0.39, 0.29) is 29.6 Å². The molecule has 2 aromatic rings. The maximum Gasteiger partial charge on any atom is 0.409 e. The number of benzene rings is 2. The Bertz CT molecular complexity index is 822. The van der Waals surface area contributed by atoms with Gasteiger partial charge in [0.05, 0.1) is 10.3 Å². The molecule has 24 heavy (non-hydrogen) atoms. The van der Waals surface area contributed by atoms with Crippen LogP contribution in [0.5, 0.6) is 0 Å². The molecule has 1 amide bonds. The molecule has 0 aliphatic carbocycles. The number of hydrogen-bond donors (Lipinski definition) is 1. The second kappa shape index (κ2) is 5.75. The van der Waals surface area contributed by atoms with Crippen LogP contribution in [0.3, 0.4) is 0 Å². The van der Waals surface area contributed by atoms with Crippen molar-refractivity contribution < 1.29 is 22.9 Å². The molecule has 1 aliphatic heterocycles. The van der Waals surface area contributed by atoms with E-state index in [9.17, 15) is 28.1 Å². The van der Waals surface area contributed by atoms with Crippen LogP contribution in [0.4, 0.5) is 18.9 Å². The van der Waals surface area contributed by atoms with E-state index < -0.39 is 23.0 Å². The average molecular weight is 339 g/mol. The fourth-order valence-corrected chi connectivity index (χ4v) is 2.84. The van der Waals surface area contributed by atoms with Crippen molar-refractivity contribution in [3.05, 3.63) is 52.1 Å². The van der Waals surface area contributed by atoms with Crippen LogP contribution in [-0.2, 0) is 4.79 Å². The summed E-state index contributed by atoms with van der Waals surface area (Å²) in [5.41, 5.74) is 1.76. The monoisotopic (exact) mass is 339 g/mol. The highest BCUT2D eigenvalue weighted by Gasteiger charge is 2.47. The summed E-state index contributed by atoms with van der Waals surface area (Å²) >= 11 is 0. The van der Waals surface area contributed by atoms with E-state index in [1.807, 2.05) is 0 Å². The van der Waals surface area contributed by atoms with Crippen LogP contribution < -0.4 is 5.43 Å². The van der Waals surface area contributed by atoms with Crippen LogP contribution in [0.2, 0.25) is 0 Å². The molecule has 0 aromatic heterocycles. The third-order valence-electron chi connectivity index (χ3n) is 3.87. The summed E-state index contributed by atoms with van der Waals surface area (Å²) in [6, 6.07) is 6.09. The lowest BCUT2D eigenvalue weighted by Gasteiger charge is -2.29. The zero-order valence-corrected chi connectivity index (χ0v) is 12.2. The standard InChI is InChI=1S/C15H12F3N3O3/c16-15(17,18)14(20-7-6-13(22)19-20)10-5-4-9-2-1-3-12(21(23)24)11(9)8-10/h1-5,8,14H,6-7H2,(H,19,22)/t14-/m0/s1. The Morgan fingerprint density at radius 1 is 1.25 bits per heavy atom. The summed E-state index contributed by atoms with van der Waals surface area (Å²) in [5, 5.41) is 12.5. The Hall–Kier alpha value is -2.68. The quantitative estimate of drug-likeness (QED) is 0.689. The van der Waals surface area contributed by atoms with Gasteiger partial charge in [-0.25, -0.2) is 5.01 Å². The fourth-order valence-electron chi connectivity index (χ4n) is 2.84. The van der Waals surface area contributed by atoms with Crippen molar-refractivity contribution in [1.82, 2.24) is 10.4 Å². The van der Waals surface area contributed by atoms with Gasteiger partial charge in [-0.1, -0.05) is 24.3 Å². The summed E-state index contributed by atoms with van der Waals surface area (Å²) in [6.07, 6.45) is -4.67. The summed E-state index contributed by atoms with van der Waals surface area (Å²) in [6.45, 7) is -0.0854. The van der Waals surface area contributed by atoms with Crippen LogP contribution in [0.15, 0.2) is 36.4 Å². The maximum atomic E-state index is 13.5. The van der Waals surface area contributed by atoms with Gasteiger partial charge in [0.2, 0.25) is 5.91 Å². The number of rotatable bonds is 3. The van der Waals surface area contributed by atoms with E-state index in [1.165, 1.54) is 24.3 Å². The summed E-state index contributed by atoms with van der Waals surface area (Å²) in [5.74, 6) is -0.490. The Labute approximate surface area is 134 Å². The van der Waals surface area contributed by atoms with E-state index in [0.29, 0.717) is 5.39 Å². The maximum absolute atomic E-state index is 13.5. The molecular formula is C15H12F3N3O3. The van der Waals surface area contributed by atoms with Crippen LogP contribution in [0, 0.1) is 10.1 Å². The fraction of sp³-hybridized carbons (Fsp3) is 0.267. The van der Waals surface area contributed by atoms with Gasteiger partial charge in [-0.2, -0.15) is 13.2 Å². The molecule has 2 aromatic carbocycles. The first-order valence-corrected chi connectivity index (χ1v) is 7.07. The van der Waals surface area contributed by atoms with Gasteiger partial charge in [0.1, 0.15) is 6.04 Å². The van der Waals surface area contributed by atoms with E-state index in [4.69, 9.17) is 0 Å². The smallest absolute Gasteiger partial charge is 0.288 e. The molecule has 0 radical (unpaired) electrons. The van der Waals surface area contributed by atoms with Crippen LogP contribution in [0.1, 0.15) is 18.0 Å². The number of amides is 1. The zero-order chi connectivity index (χ0) is 17.5. The van der Waals surface area contributed by atoms with Gasteiger partial charge in [-0.15, -0.1) is 0 Å². The van der Waals surface area contributed by atoms with Gasteiger partial charge >= 0.3 is 6.18 Å². The lowest BCUT2D eigenvalue weighted by molar-refractivity contribution is -0.383. The zero-order valence-electron chi connectivity index (χ0n) is 12.2. The molecule has 0 spiro atoms. The predicted molar refractivity (Wildman–Crippen MR) is 78.9 cm³/mol. The number of carbonyl (C=O) groups is 1. The van der Waals surface area contributed by atoms with Gasteiger partial charge in [0.15, 0.2) is 0 Å². The second-order valence-electron chi connectivity index (χ2n) is 5.44. The van der Waals surface area contributed by atoms with Gasteiger partial charge in [0.25, 0.3) is 5.69 Å². The molecule has 0 bridgehead atoms. The first-order chi connectivity index (χ1) is 11.3. The number of hydrogen-bond acceptors (Lipinski definition) is 4. The molecule has 1 fully saturated rings. The summed E-state index contributed by atoms with van der Waals surface area (Å²) < 4.78 is 40.6. The number of nitrogens with zero attached hydrogens (tertiary/aromatic N) is 2. The Morgan fingerprint density at radius 2 is 2.00 bits per heavy atom. The Kier molecular flexibility index (Phi) is 3.88. The number of hydrazine groups is 1. The van der Waals surface area contributed by atoms with E-state index in [1.54, 1.807) is 6.07 Å². The molecule has 126 valence electrons. The molecule has 9 heteroatoms. The van der Waals surface area contributed by atoms with Crippen molar-refractivity contribution >= 4 is 22.4 Å². The lowest BCUT2D eigenvalue weighted by atomic mass is 10.00. The minimum atomic E-state index is -4.64. The van der Waals surface area contributed by atoms with Crippen molar-refractivity contribution in [1.29, 1.82) is 0 Å². The molecule has 1 saturated heterocycles. The highest BCUT2D eigenvalue weighted by Crippen LogP contribution is 2.39. The minimum Gasteiger partial charge on any atom is -0.288 e. The lowest BCUT2D eigenvalue weighted by Crippen LogP contribution is -2.43. The van der Waals surface area contributed by atoms with E-state index in [2.05, 4.69) is 5.43 Å². The second-order valence-corrected chi connectivity index (χ2v) is 5.44. The molecule has 0 unspecified atom stereocenters. The van der Waals surface area contributed by atoms with E-state index >= 15 is 0 Å². The predicted octanol–water partition coefficient (Wildman–Crippen LogP) is 3.09. The number of fused-ring (bicyclic) bond motifs is 1. The highest BCUT2D eigenvalue weighted by atomic mass is 19.4. The first kappa shape index (κ1) is 16.2. The average Bonchev–Trinajstić information content (AvgIpc) is 2.91. The Balaban J connectivity index is 2.13. The van der Waals surface area contributed by atoms with Gasteiger partial charge < -0.3 is 0 Å². The highest BCUT2D eigenvalue weighted by molar-refractivity contribution is 5.91. The first-order valence-electron chi connectivity index (χ1n) is 7.07. The number of halogens is 3. The van der Waals surface area contributed by atoms with Crippen molar-refractivity contribution in [2.45, 2.75) is 18.6 Å². The van der Waals surface area contributed by atoms with E-state index in [0.717, 1.165) is 11.1 Å². The topological polar surface area (TPSA) is 75.5 Å². The number of nitro groups is 1. The van der Waals surface area contributed by atoms with Gasteiger partial charge in [-0.05, 0) is 17.0 Å². The van der Waals surface area contributed by atoms with Crippen molar-refractivity contribution in [2.24, 2.45) is 0 Å². The van der Waals surface area contributed by atoms with Crippen LogP contribution in [0.25, 0.3) is 10.8 Å². The van der Waals surface area contributed by atoms with Crippen LogP contribution >= 0.6 is 0 Å². The molecular weight excluding hydrogens is 327 g/mol. The molecule has 3 rings (SSSR count). The molecule has 1 aliphatic rings. The van der Waals surface area contributed by atoms with Crippen LogP contribution in [-0.4, -0.2) is 28.6 Å². The molecule has 0 saturated carbocycles. The minimum absolute atomic E-state index is 0.0275. The third-order valence-corrected chi connectivity index (χ3v) is 3.87. The largest absolute Gasteiger partial charge is 0.409 e. The van der Waals surface area contributed by atoms with Crippen molar-refractivity contribution in [3.8, 4) is 0 Å². The Morgan fingerprint density at radius 3 is 2.58 bits per heavy atom. The number of nitrogens with one attached hydrogen (secondary N) is 1. The molecule has 1 N–H and O–H groups in total. The normalized spacial score (nSPS) is 17.0. The number of non-ortho nitro benzene ring substituents is 1. The molecule has 1 heterocycles. The van der Waals surface area contributed by atoms with Crippen molar-refractivity contribution in [3.63, 3.8) is 0 Å². The number of carbonyl (C=O) groups excluding carboxylic acids is 1. The van der Waals surface area contributed by atoms with Gasteiger partial charge in [-0.3, -0.25) is 20.3 Å². The molecule has 1 atom stereocenters. The number of nitro benzene ring substituents is 1. The van der Waals surface area contributed by atoms with Crippen molar-refractivity contribution in [2.75, 3.05) is 6.54 Å². The SMILES string of the molecule is O=C1CCN([C@@H](c2ccc3cccc([N+](=O)[O-])c3c2)C(F)(F)F)N1. The number of alkyl halides is 3. The summed E-state index contributed by atoms with van der Waals surface area (Å²) in [7, 11) is 0.